The van der Waals surface area contributed by atoms with E-state index in [0.717, 1.165) is 0 Å². The fourth-order valence-electron chi connectivity index (χ4n) is 4.28. The molecule has 2 saturated carbocycles. The Morgan fingerprint density at radius 2 is 2.06 bits per heavy atom. The van der Waals surface area contributed by atoms with Gasteiger partial charge in [-0.1, -0.05) is 32.9 Å². The van der Waals surface area contributed by atoms with Gasteiger partial charge in [-0.2, -0.15) is 0 Å². The summed E-state index contributed by atoms with van der Waals surface area (Å²) in [5.41, 5.74) is 1.28. The zero-order chi connectivity index (χ0) is 12.8. The third kappa shape index (κ3) is 1.97. The maximum atomic E-state index is 10.8. The summed E-state index contributed by atoms with van der Waals surface area (Å²) in [6.45, 7) is 13.0. The topological polar surface area (TPSA) is 20.2 Å². The lowest BCUT2D eigenvalue weighted by molar-refractivity contribution is -0.0615. The van der Waals surface area contributed by atoms with E-state index >= 15 is 0 Å². The van der Waals surface area contributed by atoms with Crippen LogP contribution in [0.2, 0.25) is 0 Å². The second kappa shape index (κ2) is 4.12. The minimum atomic E-state index is -0.539. The van der Waals surface area contributed by atoms with Crippen LogP contribution < -0.4 is 0 Å². The van der Waals surface area contributed by atoms with Crippen molar-refractivity contribution in [3.63, 3.8) is 0 Å². The van der Waals surface area contributed by atoms with Gasteiger partial charge in [0.05, 0.1) is 5.60 Å². The van der Waals surface area contributed by atoms with E-state index in [9.17, 15) is 5.11 Å². The van der Waals surface area contributed by atoms with Gasteiger partial charge in [-0.3, -0.25) is 0 Å². The SMILES string of the molecule is C=C1CCCC2(C)CC[C@@H]([C@@](C)(O)C(C)C)[C@@H]12. The predicted molar refractivity (Wildman–Crippen MR) is 72.8 cm³/mol. The van der Waals surface area contributed by atoms with Gasteiger partial charge in [-0.05, 0) is 62.2 Å². The Balaban J connectivity index is 2.30. The zero-order valence-corrected chi connectivity index (χ0v) is 11.9. The van der Waals surface area contributed by atoms with Crippen molar-refractivity contribution in [1.29, 1.82) is 0 Å². The van der Waals surface area contributed by atoms with Crippen molar-refractivity contribution in [2.24, 2.45) is 23.2 Å². The third-order valence-electron chi connectivity index (χ3n) is 5.78. The first-order valence-corrected chi connectivity index (χ1v) is 7.19. The summed E-state index contributed by atoms with van der Waals surface area (Å²) in [5.74, 6) is 1.29. The van der Waals surface area contributed by atoms with Crippen LogP contribution in [-0.4, -0.2) is 10.7 Å². The molecule has 0 saturated heterocycles. The van der Waals surface area contributed by atoms with E-state index < -0.39 is 5.60 Å². The van der Waals surface area contributed by atoms with Crippen LogP contribution in [0.3, 0.4) is 0 Å². The van der Waals surface area contributed by atoms with E-state index in [2.05, 4.69) is 27.4 Å². The van der Waals surface area contributed by atoms with E-state index in [-0.39, 0.29) is 0 Å². The molecule has 0 aromatic rings. The monoisotopic (exact) mass is 236 g/mol. The van der Waals surface area contributed by atoms with Gasteiger partial charge in [0, 0.05) is 0 Å². The fraction of sp³-hybridized carbons (Fsp3) is 0.875. The Morgan fingerprint density at radius 1 is 1.41 bits per heavy atom. The second-order valence-electron chi connectivity index (χ2n) is 7.17. The minimum absolute atomic E-state index is 0.324. The number of fused-ring (bicyclic) bond motifs is 1. The highest BCUT2D eigenvalue weighted by molar-refractivity contribution is 5.18. The maximum absolute atomic E-state index is 10.8. The first-order valence-electron chi connectivity index (χ1n) is 7.19. The van der Waals surface area contributed by atoms with Crippen LogP contribution in [0.4, 0.5) is 0 Å². The molecule has 17 heavy (non-hydrogen) atoms. The molecule has 0 amide bonds. The Hall–Kier alpha value is -0.300. The molecule has 0 aromatic heterocycles. The van der Waals surface area contributed by atoms with Crippen LogP contribution in [-0.2, 0) is 0 Å². The number of allylic oxidation sites excluding steroid dienone is 1. The standard InChI is InChI=1S/C16H28O/c1-11(2)16(5,17)13-8-10-15(4)9-6-7-12(3)14(13)15/h11,13-14,17H,3,6-10H2,1-2,4-5H3/t13-,14-,15?,16+/m1/s1. The van der Waals surface area contributed by atoms with E-state index in [4.69, 9.17) is 0 Å². The highest BCUT2D eigenvalue weighted by Crippen LogP contribution is 2.59. The molecular formula is C16H28O. The highest BCUT2D eigenvalue weighted by Gasteiger charge is 2.53. The molecule has 1 unspecified atom stereocenters. The zero-order valence-electron chi connectivity index (χ0n) is 11.9. The van der Waals surface area contributed by atoms with E-state index in [1.807, 2.05) is 6.92 Å². The molecule has 0 radical (unpaired) electrons. The van der Waals surface area contributed by atoms with Crippen molar-refractivity contribution < 1.29 is 5.11 Å². The van der Waals surface area contributed by atoms with Gasteiger partial charge in [0.1, 0.15) is 0 Å². The summed E-state index contributed by atoms with van der Waals surface area (Å²) < 4.78 is 0. The maximum Gasteiger partial charge on any atom is 0.0676 e. The Kier molecular flexibility index (Phi) is 3.18. The van der Waals surface area contributed by atoms with Crippen LogP contribution in [0.15, 0.2) is 12.2 Å². The predicted octanol–water partition coefficient (Wildman–Crippen LogP) is 4.17. The summed E-state index contributed by atoms with van der Waals surface area (Å²) in [7, 11) is 0. The Labute approximate surface area is 106 Å². The van der Waals surface area contributed by atoms with Crippen LogP contribution in [0.1, 0.15) is 59.8 Å². The van der Waals surface area contributed by atoms with Gasteiger partial charge in [0.25, 0.3) is 0 Å². The molecule has 2 aliphatic carbocycles. The molecule has 4 atom stereocenters. The van der Waals surface area contributed by atoms with Crippen LogP contribution in [0.25, 0.3) is 0 Å². The number of hydrogen-bond donors (Lipinski definition) is 1. The molecule has 1 N–H and O–H groups in total. The second-order valence-corrected chi connectivity index (χ2v) is 7.17. The lowest BCUT2D eigenvalue weighted by Crippen LogP contribution is -2.45. The van der Waals surface area contributed by atoms with Crippen LogP contribution in [0, 0.1) is 23.2 Å². The average Bonchev–Trinajstić information content (AvgIpc) is 2.57. The van der Waals surface area contributed by atoms with Crippen molar-refractivity contribution in [2.45, 2.75) is 65.4 Å². The number of hydrogen-bond acceptors (Lipinski definition) is 1. The lowest BCUT2D eigenvalue weighted by atomic mass is 9.62. The summed E-state index contributed by atoms with van der Waals surface area (Å²) in [4.78, 5) is 0. The molecule has 1 heteroatoms. The molecule has 0 heterocycles. The quantitative estimate of drug-likeness (QED) is 0.714. The highest BCUT2D eigenvalue weighted by atomic mass is 16.3. The molecule has 2 aliphatic rings. The Morgan fingerprint density at radius 3 is 2.65 bits per heavy atom. The first kappa shape index (κ1) is 13.1. The molecule has 1 nitrogen and oxygen atoms in total. The first-order chi connectivity index (χ1) is 7.79. The molecule has 2 rings (SSSR count). The van der Waals surface area contributed by atoms with Gasteiger partial charge in [0.2, 0.25) is 0 Å². The molecular weight excluding hydrogens is 208 g/mol. The van der Waals surface area contributed by atoms with Crippen molar-refractivity contribution in [2.75, 3.05) is 0 Å². The normalized spacial score (nSPS) is 41.4. The van der Waals surface area contributed by atoms with Crippen LogP contribution in [0.5, 0.6) is 0 Å². The number of aliphatic hydroxyl groups is 1. The average molecular weight is 236 g/mol. The fourth-order valence-corrected chi connectivity index (χ4v) is 4.28. The third-order valence-corrected chi connectivity index (χ3v) is 5.78. The minimum Gasteiger partial charge on any atom is -0.390 e. The van der Waals surface area contributed by atoms with E-state index in [0.29, 0.717) is 23.2 Å². The lowest BCUT2D eigenvalue weighted by Gasteiger charge is -2.45. The molecule has 0 bridgehead atoms. The van der Waals surface area contributed by atoms with Crippen molar-refractivity contribution >= 4 is 0 Å². The van der Waals surface area contributed by atoms with Crippen LogP contribution >= 0.6 is 0 Å². The van der Waals surface area contributed by atoms with Gasteiger partial charge >= 0.3 is 0 Å². The van der Waals surface area contributed by atoms with Crippen molar-refractivity contribution in [3.8, 4) is 0 Å². The van der Waals surface area contributed by atoms with Gasteiger partial charge in [-0.25, -0.2) is 0 Å². The van der Waals surface area contributed by atoms with Gasteiger partial charge < -0.3 is 5.11 Å². The summed E-state index contributed by atoms with van der Waals surface area (Å²) >= 11 is 0. The summed E-state index contributed by atoms with van der Waals surface area (Å²) in [6.07, 6.45) is 6.23. The Bertz CT molecular complexity index is 315. The molecule has 2 fully saturated rings. The van der Waals surface area contributed by atoms with E-state index in [1.165, 1.54) is 37.7 Å². The van der Waals surface area contributed by atoms with Crippen molar-refractivity contribution in [1.82, 2.24) is 0 Å². The van der Waals surface area contributed by atoms with Crippen molar-refractivity contribution in [3.05, 3.63) is 12.2 Å². The number of rotatable bonds is 2. The largest absolute Gasteiger partial charge is 0.390 e. The molecule has 0 aromatic carbocycles. The molecule has 98 valence electrons. The van der Waals surface area contributed by atoms with E-state index in [1.54, 1.807) is 0 Å². The summed E-state index contributed by atoms with van der Waals surface area (Å²) in [5, 5.41) is 10.8. The molecule has 0 spiro atoms. The smallest absolute Gasteiger partial charge is 0.0676 e. The summed E-state index contributed by atoms with van der Waals surface area (Å²) in [6, 6.07) is 0. The van der Waals surface area contributed by atoms with Gasteiger partial charge in [-0.15, -0.1) is 0 Å². The molecule has 0 aliphatic heterocycles. The van der Waals surface area contributed by atoms with Gasteiger partial charge in [0.15, 0.2) is 0 Å².